The molecule has 0 amide bonds. The summed E-state index contributed by atoms with van der Waals surface area (Å²) in [6.07, 6.45) is 1.17. The molecule has 2 N–H and O–H groups in total. The highest BCUT2D eigenvalue weighted by atomic mass is 14.8. The molecule has 1 aliphatic carbocycles. The Morgan fingerprint density at radius 2 is 1.69 bits per heavy atom. The van der Waals surface area contributed by atoms with Gasteiger partial charge < -0.3 is 5.73 Å². The number of nitrogens with two attached hydrogens (primary N) is 1. The molecule has 2 rings (SSSR count). The van der Waals surface area contributed by atoms with Crippen LogP contribution >= 0.6 is 0 Å². The fourth-order valence-electron chi connectivity index (χ4n) is 2.65. The summed E-state index contributed by atoms with van der Waals surface area (Å²) in [6, 6.07) is 9.38. The molecule has 2 atom stereocenters. The van der Waals surface area contributed by atoms with Crippen molar-refractivity contribution in [2.24, 2.45) is 17.1 Å². The maximum absolute atomic E-state index is 6.10. The molecule has 16 heavy (non-hydrogen) atoms. The van der Waals surface area contributed by atoms with Crippen molar-refractivity contribution in [3.8, 4) is 0 Å². The summed E-state index contributed by atoms with van der Waals surface area (Å²) >= 11 is 0. The molecule has 88 valence electrons. The van der Waals surface area contributed by atoms with E-state index in [1.54, 1.807) is 0 Å². The molecule has 0 spiro atoms. The molecular weight excluding hydrogens is 194 g/mol. The summed E-state index contributed by atoms with van der Waals surface area (Å²) in [5, 5.41) is 0. The summed E-state index contributed by atoms with van der Waals surface area (Å²) in [7, 11) is 0. The van der Waals surface area contributed by atoms with Crippen LogP contribution in [0.25, 0.3) is 0 Å². The van der Waals surface area contributed by atoms with Crippen LogP contribution in [0.5, 0.6) is 0 Å². The molecule has 0 unspecified atom stereocenters. The van der Waals surface area contributed by atoms with Gasteiger partial charge in [0.25, 0.3) is 0 Å². The maximum Gasteiger partial charge on any atom is 0.0172 e. The zero-order valence-corrected chi connectivity index (χ0v) is 10.8. The van der Waals surface area contributed by atoms with Gasteiger partial charge in [-0.1, -0.05) is 52.0 Å². The molecule has 0 radical (unpaired) electrons. The highest BCUT2D eigenvalue weighted by Crippen LogP contribution is 2.57. The lowest BCUT2D eigenvalue weighted by Crippen LogP contribution is -2.06. The topological polar surface area (TPSA) is 26.0 Å². The van der Waals surface area contributed by atoms with E-state index in [0.717, 1.165) is 5.92 Å². The van der Waals surface area contributed by atoms with Crippen molar-refractivity contribution in [3.05, 3.63) is 35.4 Å². The first kappa shape index (κ1) is 11.7. The van der Waals surface area contributed by atoms with Crippen LogP contribution in [0.1, 0.15) is 44.7 Å². The van der Waals surface area contributed by atoms with E-state index in [-0.39, 0.29) is 0 Å². The second-order valence-electron chi connectivity index (χ2n) is 6.16. The molecule has 0 aliphatic heterocycles. The maximum atomic E-state index is 6.10. The SMILES string of the molecule is CC(C)Cc1ccc([C@@H]2[C@@H](N)C2(C)C)cc1. The Kier molecular flexibility index (Phi) is 2.83. The first-order chi connectivity index (χ1) is 7.43. The van der Waals surface area contributed by atoms with Crippen LogP contribution in [0.3, 0.4) is 0 Å². The van der Waals surface area contributed by atoms with Crippen LogP contribution in [0.4, 0.5) is 0 Å². The summed E-state index contributed by atoms with van der Waals surface area (Å²) < 4.78 is 0. The van der Waals surface area contributed by atoms with Crippen molar-refractivity contribution in [3.63, 3.8) is 0 Å². The molecule has 1 saturated carbocycles. The predicted octanol–water partition coefficient (Wildman–Crippen LogP) is 3.34. The third-order valence-electron chi connectivity index (χ3n) is 3.89. The Bertz CT molecular complexity index is 362. The van der Waals surface area contributed by atoms with Crippen LogP contribution in [-0.4, -0.2) is 6.04 Å². The normalized spacial score (nSPS) is 27.1. The average molecular weight is 217 g/mol. The Labute approximate surface area is 99.0 Å². The van der Waals surface area contributed by atoms with Crippen molar-refractivity contribution in [2.75, 3.05) is 0 Å². The highest BCUT2D eigenvalue weighted by Gasteiger charge is 2.55. The predicted molar refractivity (Wildman–Crippen MR) is 69.5 cm³/mol. The van der Waals surface area contributed by atoms with E-state index in [1.165, 1.54) is 17.5 Å². The highest BCUT2D eigenvalue weighted by molar-refractivity contribution is 5.35. The summed E-state index contributed by atoms with van der Waals surface area (Å²) in [5.74, 6) is 1.28. The average Bonchev–Trinajstić information content (AvgIpc) is 2.67. The Balaban J connectivity index is 2.09. The molecule has 1 aromatic rings. The van der Waals surface area contributed by atoms with Crippen LogP contribution in [-0.2, 0) is 6.42 Å². The first-order valence-electron chi connectivity index (χ1n) is 6.27. The molecule has 1 aliphatic rings. The fraction of sp³-hybridized carbons (Fsp3) is 0.600. The molecule has 1 fully saturated rings. The number of rotatable bonds is 3. The van der Waals surface area contributed by atoms with Gasteiger partial charge in [-0.25, -0.2) is 0 Å². The van der Waals surface area contributed by atoms with Gasteiger partial charge in [-0.3, -0.25) is 0 Å². The number of hydrogen-bond donors (Lipinski definition) is 1. The Morgan fingerprint density at radius 3 is 2.06 bits per heavy atom. The van der Waals surface area contributed by atoms with Crippen LogP contribution < -0.4 is 5.73 Å². The molecule has 0 bridgehead atoms. The van der Waals surface area contributed by atoms with Gasteiger partial charge in [-0.2, -0.15) is 0 Å². The Hall–Kier alpha value is -0.820. The molecule has 1 heteroatoms. The Morgan fingerprint density at radius 1 is 1.19 bits per heavy atom. The van der Waals surface area contributed by atoms with E-state index < -0.39 is 0 Å². The van der Waals surface area contributed by atoms with Crippen molar-refractivity contribution >= 4 is 0 Å². The number of benzene rings is 1. The third-order valence-corrected chi connectivity index (χ3v) is 3.89. The minimum Gasteiger partial charge on any atom is -0.327 e. The van der Waals surface area contributed by atoms with Gasteiger partial charge in [0.15, 0.2) is 0 Å². The second-order valence-corrected chi connectivity index (χ2v) is 6.16. The van der Waals surface area contributed by atoms with Gasteiger partial charge in [-0.05, 0) is 28.9 Å². The standard InChI is InChI=1S/C15H23N/c1-10(2)9-11-5-7-12(8-6-11)13-14(16)15(13,3)4/h5-8,10,13-14H,9,16H2,1-4H3/t13-,14-/m1/s1. The summed E-state index contributed by atoms with van der Waals surface area (Å²) in [5.41, 5.74) is 9.23. The molecule has 0 saturated heterocycles. The fourth-order valence-corrected chi connectivity index (χ4v) is 2.65. The van der Waals surface area contributed by atoms with Gasteiger partial charge in [0.1, 0.15) is 0 Å². The quantitative estimate of drug-likeness (QED) is 0.825. The lowest BCUT2D eigenvalue weighted by Gasteiger charge is -2.07. The van der Waals surface area contributed by atoms with Gasteiger partial charge in [-0.15, -0.1) is 0 Å². The van der Waals surface area contributed by atoms with Gasteiger partial charge in [0.2, 0.25) is 0 Å². The van der Waals surface area contributed by atoms with E-state index in [2.05, 4.69) is 52.0 Å². The lowest BCUT2D eigenvalue weighted by molar-refractivity contribution is 0.599. The van der Waals surface area contributed by atoms with Gasteiger partial charge >= 0.3 is 0 Å². The smallest absolute Gasteiger partial charge is 0.0172 e. The minimum absolute atomic E-state index is 0.291. The molecular formula is C15H23N. The summed E-state index contributed by atoms with van der Waals surface area (Å²) in [4.78, 5) is 0. The van der Waals surface area contributed by atoms with E-state index in [0.29, 0.717) is 17.4 Å². The van der Waals surface area contributed by atoms with Crippen LogP contribution in [0.15, 0.2) is 24.3 Å². The second kappa shape index (κ2) is 3.89. The van der Waals surface area contributed by atoms with Gasteiger partial charge in [0, 0.05) is 12.0 Å². The molecule has 0 heterocycles. The van der Waals surface area contributed by atoms with Crippen LogP contribution in [0, 0.1) is 11.3 Å². The van der Waals surface area contributed by atoms with Crippen LogP contribution in [0.2, 0.25) is 0 Å². The lowest BCUT2D eigenvalue weighted by atomic mass is 9.98. The molecule has 1 nitrogen and oxygen atoms in total. The van der Waals surface area contributed by atoms with Crippen molar-refractivity contribution in [1.82, 2.24) is 0 Å². The van der Waals surface area contributed by atoms with Crippen molar-refractivity contribution in [2.45, 2.75) is 46.1 Å². The van der Waals surface area contributed by atoms with E-state index in [4.69, 9.17) is 5.73 Å². The van der Waals surface area contributed by atoms with E-state index in [1.807, 2.05) is 0 Å². The zero-order chi connectivity index (χ0) is 11.9. The largest absolute Gasteiger partial charge is 0.327 e. The van der Waals surface area contributed by atoms with E-state index in [9.17, 15) is 0 Å². The van der Waals surface area contributed by atoms with Gasteiger partial charge in [0.05, 0.1) is 0 Å². The molecule has 1 aromatic carbocycles. The minimum atomic E-state index is 0.291. The van der Waals surface area contributed by atoms with Crippen molar-refractivity contribution < 1.29 is 0 Å². The van der Waals surface area contributed by atoms with E-state index >= 15 is 0 Å². The van der Waals surface area contributed by atoms with Crippen molar-refractivity contribution in [1.29, 1.82) is 0 Å². The monoisotopic (exact) mass is 217 g/mol. The third kappa shape index (κ3) is 2.01. The first-order valence-corrected chi connectivity index (χ1v) is 6.27. The zero-order valence-electron chi connectivity index (χ0n) is 10.8. The molecule has 0 aromatic heterocycles. The summed E-state index contributed by atoms with van der Waals surface area (Å²) in [6.45, 7) is 9.02. The number of hydrogen-bond acceptors (Lipinski definition) is 1.